The Bertz CT molecular complexity index is 590. The Morgan fingerprint density at radius 2 is 2.12 bits per heavy atom. The second-order valence-corrected chi connectivity index (χ2v) is 7.42. The van der Waals surface area contributed by atoms with Gasteiger partial charge in [-0.1, -0.05) is 6.07 Å². The van der Waals surface area contributed by atoms with Gasteiger partial charge in [0.2, 0.25) is 0 Å². The first-order valence-electron chi connectivity index (χ1n) is 8.85. The first-order chi connectivity index (χ1) is 11.7. The Balaban J connectivity index is 1.46. The minimum Gasteiger partial charge on any atom is -0.481 e. The molecule has 0 saturated carbocycles. The molecule has 3 aliphatic rings. The number of carboxylic acids is 1. The molecule has 0 unspecified atom stereocenters. The Labute approximate surface area is 142 Å². The molecule has 3 aliphatic heterocycles. The van der Waals surface area contributed by atoms with Gasteiger partial charge in [0, 0.05) is 64.1 Å². The van der Waals surface area contributed by atoms with Crippen molar-refractivity contribution < 1.29 is 14.6 Å². The molecule has 130 valence electrons. The van der Waals surface area contributed by atoms with Crippen molar-refractivity contribution in [1.82, 2.24) is 14.8 Å². The number of nitrogens with zero attached hydrogens (tertiary/aromatic N) is 3. The topological polar surface area (TPSA) is 65.9 Å². The van der Waals surface area contributed by atoms with Crippen LogP contribution in [-0.2, 0) is 16.1 Å². The van der Waals surface area contributed by atoms with Gasteiger partial charge in [0.15, 0.2) is 0 Å². The molecule has 1 aromatic heterocycles. The maximum Gasteiger partial charge on any atom is 0.312 e. The molecule has 1 N–H and O–H groups in total. The third-order valence-corrected chi connectivity index (χ3v) is 5.95. The minimum atomic E-state index is -0.634. The Hall–Kier alpha value is -1.50. The van der Waals surface area contributed by atoms with Gasteiger partial charge < -0.3 is 9.84 Å². The van der Waals surface area contributed by atoms with E-state index in [1.54, 1.807) is 6.20 Å². The molecule has 0 spiro atoms. The summed E-state index contributed by atoms with van der Waals surface area (Å²) < 4.78 is 5.45. The maximum atomic E-state index is 12.1. The molecule has 0 aliphatic carbocycles. The fraction of sp³-hybridized carbons (Fsp3) is 0.667. The van der Waals surface area contributed by atoms with Crippen LogP contribution in [-0.4, -0.2) is 71.3 Å². The molecule has 0 amide bonds. The lowest BCUT2D eigenvalue weighted by Crippen LogP contribution is -2.44. The Morgan fingerprint density at radius 3 is 2.79 bits per heavy atom. The van der Waals surface area contributed by atoms with E-state index in [0.29, 0.717) is 19.1 Å². The first kappa shape index (κ1) is 16.0. The zero-order valence-electron chi connectivity index (χ0n) is 13.9. The lowest BCUT2D eigenvalue weighted by molar-refractivity contribution is -0.149. The van der Waals surface area contributed by atoms with E-state index in [1.165, 1.54) is 0 Å². The number of fused-ring (bicyclic) bond motifs is 1. The fourth-order valence-corrected chi connectivity index (χ4v) is 4.68. The highest BCUT2D eigenvalue weighted by molar-refractivity contribution is 5.77. The van der Waals surface area contributed by atoms with Gasteiger partial charge in [-0.2, -0.15) is 0 Å². The smallest absolute Gasteiger partial charge is 0.312 e. The van der Waals surface area contributed by atoms with Crippen molar-refractivity contribution in [3.05, 3.63) is 30.1 Å². The molecule has 0 aromatic carbocycles. The molecule has 2 atom stereocenters. The van der Waals surface area contributed by atoms with E-state index in [-0.39, 0.29) is 5.92 Å². The maximum absolute atomic E-state index is 12.1. The highest BCUT2D eigenvalue weighted by atomic mass is 16.5. The zero-order chi connectivity index (χ0) is 16.6. The van der Waals surface area contributed by atoms with Crippen LogP contribution in [0.15, 0.2) is 24.4 Å². The average Bonchev–Trinajstić information content (AvgIpc) is 3.11. The van der Waals surface area contributed by atoms with Crippen molar-refractivity contribution in [2.75, 3.05) is 39.4 Å². The van der Waals surface area contributed by atoms with Crippen LogP contribution in [0.4, 0.5) is 0 Å². The highest BCUT2D eigenvalue weighted by Crippen LogP contribution is 2.44. The molecule has 6 heteroatoms. The third kappa shape index (κ3) is 2.83. The molecule has 1 aromatic rings. The average molecular weight is 331 g/mol. The summed E-state index contributed by atoms with van der Waals surface area (Å²) in [4.78, 5) is 21.2. The lowest BCUT2D eigenvalue weighted by Gasteiger charge is -2.33. The summed E-state index contributed by atoms with van der Waals surface area (Å²) in [6.07, 6.45) is 3.85. The van der Waals surface area contributed by atoms with Crippen LogP contribution in [0.1, 0.15) is 18.5 Å². The number of pyridine rings is 1. The second kappa shape index (κ2) is 6.43. The van der Waals surface area contributed by atoms with Gasteiger partial charge in [-0.25, -0.2) is 0 Å². The van der Waals surface area contributed by atoms with E-state index in [0.717, 1.165) is 51.4 Å². The minimum absolute atomic E-state index is 0.210. The molecular formula is C18H25N3O3. The molecule has 0 bridgehead atoms. The summed E-state index contributed by atoms with van der Waals surface area (Å²) in [6, 6.07) is 6.40. The third-order valence-electron chi connectivity index (χ3n) is 5.95. The quantitative estimate of drug-likeness (QED) is 0.891. The molecule has 6 nitrogen and oxygen atoms in total. The monoisotopic (exact) mass is 331 g/mol. The van der Waals surface area contributed by atoms with Crippen molar-refractivity contribution in [2.24, 2.45) is 11.3 Å². The van der Waals surface area contributed by atoms with Crippen molar-refractivity contribution >= 4 is 5.97 Å². The number of carbonyl (C=O) groups is 1. The van der Waals surface area contributed by atoms with Crippen LogP contribution in [0.5, 0.6) is 0 Å². The number of aromatic nitrogens is 1. The summed E-state index contributed by atoms with van der Waals surface area (Å²) >= 11 is 0. The largest absolute Gasteiger partial charge is 0.481 e. The molecule has 24 heavy (non-hydrogen) atoms. The number of rotatable bonds is 4. The summed E-state index contributed by atoms with van der Waals surface area (Å²) in [7, 11) is 0. The van der Waals surface area contributed by atoms with Gasteiger partial charge in [0.05, 0.1) is 11.1 Å². The SMILES string of the molecule is O=C(O)[C@]12CN(Cc3ccccn3)C[C@H]1CN(C1CCOCC1)C2. The van der Waals surface area contributed by atoms with E-state index in [1.807, 2.05) is 18.2 Å². The van der Waals surface area contributed by atoms with E-state index in [9.17, 15) is 9.90 Å². The van der Waals surface area contributed by atoms with Gasteiger partial charge in [0.1, 0.15) is 0 Å². The van der Waals surface area contributed by atoms with E-state index >= 15 is 0 Å². The molecule has 4 heterocycles. The normalized spacial score (nSPS) is 32.1. The number of aliphatic carboxylic acids is 1. The van der Waals surface area contributed by atoms with Gasteiger partial charge in [-0.3, -0.25) is 19.6 Å². The summed E-state index contributed by atoms with van der Waals surface area (Å²) in [6.45, 7) is 5.40. The zero-order valence-corrected chi connectivity index (χ0v) is 13.9. The van der Waals surface area contributed by atoms with Crippen molar-refractivity contribution in [2.45, 2.75) is 25.4 Å². The van der Waals surface area contributed by atoms with Crippen LogP contribution >= 0.6 is 0 Å². The Morgan fingerprint density at radius 1 is 1.29 bits per heavy atom. The number of hydrogen-bond acceptors (Lipinski definition) is 5. The van der Waals surface area contributed by atoms with Gasteiger partial charge in [0.25, 0.3) is 0 Å². The van der Waals surface area contributed by atoms with Crippen LogP contribution in [0.3, 0.4) is 0 Å². The van der Waals surface area contributed by atoms with Crippen molar-refractivity contribution in [1.29, 1.82) is 0 Å². The van der Waals surface area contributed by atoms with E-state index < -0.39 is 11.4 Å². The van der Waals surface area contributed by atoms with Crippen molar-refractivity contribution in [3.8, 4) is 0 Å². The number of carboxylic acid groups (broad SMARTS) is 1. The molecule has 3 fully saturated rings. The van der Waals surface area contributed by atoms with E-state index in [2.05, 4.69) is 14.8 Å². The van der Waals surface area contributed by atoms with Crippen LogP contribution in [0, 0.1) is 11.3 Å². The molecule has 4 rings (SSSR count). The second-order valence-electron chi connectivity index (χ2n) is 7.42. The Kier molecular flexibility index (Phi) is 4.28. The number of likely N-dealkylation sites (tertiary alicyclic amines) is 2. The first-order valence-corrected chi connectivity index (χ1v) is 8.85. The van der Waals surface area contributed by atoms with Crippen molar-refractivity contribution in [3.63, 3.8) is 0 Å². The van der Waals surface area contributed by atoms with Crippen LogP contribution < -0.4 is 0 Å². The predicted octanol–water partition coefficient (Wildman–Crippen LogP) is 1.08. The predicted molar refractivity (Wildman–Crippen MR) is 88.5 cm³/mol. The summed E-state index contributed by atoms with van der Waals surface area (Å²) in [5.41, 5.74) is 0.395. The molecule has 0 radical (unpaired) electrons. The summed E-state index contributed by atoms with van der Waals surface area (Å²) in [5.74, 6) is -0.424. The molecular weight excluding hydrogens is 306 g/mol. The van der Waals surface area contributed by atoms with Crippen LogP contribution in [0.25, 0.3) is 0 Å². The van der Waals surface area contributed by atoms with Crippen LogP contribution in [0.2, 0.25) is 0 Å². The van der Waals surface area contributed by atoms with Gasteiger partial charge >= 0.3 is 5.97 Å². The van der Waals surface area contributed by atoms with E-state index in [4.69, 9.17) is 4.74 Å². The highest BCUT2D eigenvalue weighted by Gasteiger charge is 2.58. The number of hydrogen-bond donors (Lipinski definition) is 1. The number of ether oxygens (including phenoxy) is 1. The fourth-order valence-electron chi connectivity index (χ4n) is 4.68. The standard InChI is InChI=1S/C18H25N3O3/c22-17(23)18-12-20(11-15-3-1-2-6-19-15)9-14(18)10-21(13-18)16-4-7-24-8-5-16/h1-3,6,14,16H,4-5,7-13H2,(H,22,23)/t14-,18-/m0/s1. The van der Waals surface area contributed by atoms with Gasteiger partial charge in [-0.15, -0.1) is 0 Å². The molecule has 3 saturated heterocycles. The lowest BCUT2D eigenvalue weighted by atomic mass is 9.81. The van der Waals surface area contributed by atoms with Gasteiger partial charge in [-0.05, 0) is 25.0 Å². The summed E-state index contributed by atoms with van der Waals surface area (Å²) in [5, 5.41) is 9.98.